The number of nitrogens with zero attached hydrogens (tertiary/aromatic N) is 4. The molecular formula is C24H37F2N6O6P. The molecule has 3 N–H and O–H groups in total. The lowest BCUT2D eigenvalue weighted by Gasteiger charge is -2.28. The van der Waals surface area contributed by atoms with Crippen molar-refractivity contribution in [2.24, 2.45) is 5.92 Å². The molecule has 12 nitrogen and oxygen atoms in total. The van der Waals surface area contributed by atoms with Gasteiger partial charge in [0.2, 0.25) is 17.7 Å². The van der Waals surface area contributed by atoms with E-state index in [4.69, 9.17) is 24.5 Å². The molecular weight excluding hydrogens is 537 g/mol. The van der Waals surface area contributed by atoms with Crippen LogP contribution in [0.25, 0.3) is 11.2 Å². The number of rotatable bonds is 10. The van der Waals surface area contributed by atoms with Gasteiger partial charge in [-0.15, -0.1) is 0 Å². The van der Waals surface area contributed by atoms with Crippen LogP contribution in [0.4, 0.5) is 14.7 Å². The second-order valence-electron chi connectivity index (χ2n) is 10.4. The Morgan fingerprint density at radius 1 is 1.33 bits per heavy atom. The maximum absolute atomic E-state index is 16.1. The molecule has 218 valence electrons. The van der Waals surface area contributed by atoms with Gasteiger partial charge in [-0.3, -0.25) is 13.9 Å². The highest BCUT2D eigenvalue weighted by molar-refractivity contribution is 7.56. The van der Waals surface area contributed by atoms with Crippen LogP contribution < -0.4 is 15.6 Å². The van der Waals surface area contributed by atoms with Crippen molar-refractivity contribution >= 4 is 30.6 Å². The summed E-state index contributed by atoms with van der Waals surface area (Å²) in [5.74, 6) is -4.63. The first-order chi connectivity index (χ1) is 18.3. The van der Waals surface area contributed by atoms with Crippen LogP contribution in [0.5, 0.6) is 5.88 Å². The zero-order valence-electron chi connectivity index (χ0n) is 22.9. The lowest BCUT2D eigenvalue weighted by Crippen LogP contribution is -2.41. The van der Waals surface area contributed by atoms with E-state index in [1.807, 2.05) is 0 Å². The second kappa shape index (κ2) is 11.2. The molecule has 0 unspecified atom stereocenters. The summed E-state index contributed by atoms with van der Waals surface area (Å²) in [6, 6.07) is -0.957. The van der Waals surface area contributed by atoms with Crippen molar-refractivity contribution < 1.29 is 36.9 Å². The van der Waals surface area contributed by atoms with Crippen LogP contribution in [-0.4, -0.2) is 69.0 Å². The number of nitrogens with two attached hydrogens (primary N) is 1. The standard InChI is InChI=1S/C24H37F2N6O6P/c1-6-35-19-17-18(29-22(27)30-19)32(13-28-17)21-23(4,25)15(3)24(26,38-21)12-36-39(5,34)31-14(2)20(33)37-16-10-8-7-9-11-16/h13-16,21H,6-12H2,1-5H3,(H,31,34)(H2,27,29,30)/t14-,15-,21+,23+,24+,39-/m0/s1. The van der Waals surface area contributed by atoms with Gasteiger partial charge in [0.25, 0.3) is 7.52 Å². The van der Waals surface area contributed by atoms with Gasteiger partial charge in [0, 0.05) is 6.66 Å². The SMILES string of the molecule is CCOc1nc(N)nc2c1ncn2[C@@H]1O[C@](F)(CO[P@](C)(=O)N[C@@H](C)C(=O)OC2CCCCC2)[C@@H](C)[C@@]1(C)F. The number of nitrogens with one attached hydrogen (secondary N) is 1. The number of fused-ring (bicyclic) bond motifs is 1. The van der Waals surface area contributed by atoms with Crippen molar-refractivity contribution in [3.63, 3.8) is 0 Å². The van der Waals surface area contributed by atoms with E-state index in [-0.39, 0.29) is 35.7 Å². The molecule has 2 fully saturated rings. The lowest BCUT2D eigenvalue weighted by atomic mass is 9.88. The molecule has 0 spiro atoms. The van der Waals surface area contributed by atoms with Crippen LogP contribution >= 0.6 is 7.52 Å². The summed E-state index contributed by atoms with van der Waals surface area (Å²) >= 11 is 0. The van der Waals surface area contributed by atoms with E-state index in [0.717, 1.165) is 32.1 Å². The maximum Gasteiger partial charge on any atom is 0.323 e. The first-order valence-electron chi connectivity index (χ1n) is 13.2. The number of carbonyl (C=O) groups excluding carboxylic acids is 1. The second-order valence-corrected chi connectivity index (χ2v) is 12.6. The molecule has 1 aliphatic heterocycles. The fraction of sp³-hybridized carbons (Fsp3) is 0.750. The average molecular weight is 575 g/mol. The zero-order valence-corrected chi connectivity index (χ0v) is 23.7. The molecule has 2 aliphatic rings. The first-order valence-corrected chi connectivity index (χ1v) is 15.2. The van der Waals surface area contributed by atoms with Crippen molar-refractivity contribution in [2.75, 3.05) is 25.6 Å². The van der Waals surface area contributed by atoms with Crippen LogP contribution in [0.1, 0.15) is 66.0 Å². The van der Waals surface area contributed by atoms with Crippen LogP contribution in [0.3, 0.4) is 0 Å². The predicted molar refractivity (Wildman–Crippen MR) is 139 cm³/mol. The highest BCUT2D eigenvalue weighted by atomic mass is 31.2. The number of hydrogen-bond acceptors (Lipinski definition) is 10. The lowest BCUT2D eigenvalue weighted by molar-refractivity contribution is -0.187. The number of halogens is 2. The third kappa shape index (κ3) is 6.18. The summed E-state index contributed by atoms with van der Waals surface area (Å²) in [6.45, 7) is 6.40. The fourth-order valence-electron chi connectivity index (χ4n) is 4.94. The van der Waals surface area contributed by atoms with Crippen molar-refractivity contribution in [1.82, 2.24) is 24.6 Å². The highest BCUT2D eigenvalue weighted by Crippen LogP contribution is 2.54. The molecule has 0 amide bonds. The van der Waals surface area contributed by atoms with Gasteiger partial charge in [-0.05, 0) is 46.5 Å². The quantitative estimate of drug-likeness (QED) is 0.312. The molecule has 2 aromatic heterocycles. The summed E-state index contributed by atoms with van der Waals surface area (Å²) in [6.07, 6.45) is 4.24. The number of carbonyl (C=O) groups is 1. The Labute approximate surface area is 225 Å². The van der Waals surface area contributed by atoms with Gasteiger partial charge in [-0.2, -0.15) is 9.97 Å². The van der Waals surface area contributed by atoms with Crippen LogP contribution in [0.2, 0.25) is 0 Å². The normalized spacial score (nSPS) is 30.2. The van der Waals surface area contributed by atoms with E-state index in [2.05, 4.69) is 20.0 Å². The molecule has 3 heterocycles. The predicted octanol–water partition coefficient (Wildman–Crippen LogP) is 4.06. The van der Waals surface area contributed by atoms with Crippen molar-refractivity contribution in [1.29, 1.82) is 0 Å². The molecule has 4 rings (SSSR count). The van der Waals surface area contributed by atoms with E-state index >= 15 is 8.78 Å². The third-order valence-electron chi connectivity index (χ3n) is 7.35. The molecule has 15 heteroatoms. The maximum atomic E-state index is 16.1. The van der Waals surface area contributed by atoms with E-state index < -0.39 is 49.8 Å². The van der Waals surface area contributed by atoms with Gasteiger partial charge in [0.05, 0.1) is 18.9 Å². The number of hydrogen-bond donors (Lipinski definition) is 2. The van der Waals surface area contributed by atoms with E-state index in [1.165, 1.54) is 38.3 Å². The monoisotopic (exact) mass is 574 g/mol. The Bertz CT molecular complexity index is 1240. The molecule has 1 saturated carbocycles. The van der Waals surface area contributed by atoms with Crippen molar-refractivity contribution in [3.05, 3.63) is 6.33 Å². The van der Waals surface area contributed by atoms with Gasteiger partial charge in [0.15, 0.2) is 23.1 Å². The Kier molecular flexibility index (Phi) is 8.51. The molecule has 0 aromatic carbocycles. The topological polar surface area (TPSA) is 153 Å². The zero-order chi connectivity index (χ0) is 28.6. The minimum absolute atomic E-state index is 0.102. The smallest absolute Gasteiger partial charge is 0.323 e. The van der Waals surface area contributed by atoms with Gasteiger partial charge >= 0.3 is 5.97 Å². The fourth-order valence-corrected chi connectivity index (χ4v) is 6.25. The molecule has 2 aromatic rings. The van der Waals surface area contributed by atoms with Crippen LogP contribution in [0, 0.1) is 5.92 Å². The average Bonchev–Trinajstić information content (AvgIpc) is 3.36. The Balaban J connectivity index is 1.46. The summed E-state index contributed by atoms with van der Waals surface area (Å²) < 4.78 is 68.4. The summed E-state index contributed by atoms with van der Waals surface area (Å²) in [5, 5.41) is 2.59. The van der Waals surface area contributed by atoms with Crippen molar-refractivity contribution in [3.8, 4) is 5.88 Å². The van der Waals surface area contributed by atoms with Gasteiger partial charge in [-0.1, -0.05) is 13.3 Å². The molecule has 0 bridgehead atoms. The number of ether oxygens (including phenoxy) is 3. The molecule has 1 aliphatic carbocycles. The minimum Gasteiger partial charge on any atom is -0.476 e. The van der Waals surface area contributed by atoms with E-state index in [0.29, 0.717) is 0 Å². The Morgan fingerprint density at radius 3 is 2.69 bits per heavy atom. The van der Waals surface area contributed by atoms with E-state index in [9.17, 15) is 9.36 Å². The third-order valence-corrected chi connectivity index (χ3v) is 8.83. The molecule has 39 heavy (non-hydrogen) atoms. The Morgan fingerprint density at radius 2 is 2.03 bits per heavy atom. The highest BCUT2D eigenvalue weighted by Gasteiger charge is 2.63. The van der Waals surface area contributed by atoms with Crippen LogP contribution in [-0.2, 0) is 23.4 Å². The van der Waals surface area contributed by atoms with Gasteiger partial charge in [-0.25, -0.2) is 18.9 Å². The number of anilines is 1. The van der Waals surface area contributed by atoms with Crippen molar-refractivity contribution in [2.45, 2.75) is 89.7 Å². The number of alkyl halides is 2. The molecule has 1 saturated heterocycles. The summed E-state index contributed by atoms with van der Waals surface area (Å²) in [4.78, 5) is 24.8. The minimum atomic E-state index is -3.73. The Hall–Kier alpha value is -2.41. The molecule has 6 atom stereocenters. The number of aromatic nitrogens is 4. The van der Waals surface area contributed by atoms with E-state index in [1.54, 1.807) is 6.92 Å². The van der Waals surface area contributed by atoms with Crippen LogP contribution in [0.15, 0.2) is 6.33 Å². The largest absolute Gasteiger partial charge is 0.476 e. The first kappa shape index (κ1) is 29.6. The van der Waals surface area contributed by atoms with Gasteiger partial charge < -0.3 is 24.5 Å². The molecule has 0 radical (unpaired) electrons. The number of imidazole rings is 1. The number of esters is 1. The summed E-state index contributed by atoms with van der Waals surface area (Å²) in [5.41, 5.74) is 3.84. The number of nitrogen functional groups attached to an aromatic ring is 1. The summed E-state index contributed by atoms with van der Waals surface area (Å²) in [7, 11) is -3.73. The van der Waals surface area contributed by atoms with Gasteiger partial charge in [0.1, 0.15) is 18.8 Å².